The lowest BCUT2D eigenvalue weighted by atomic mass is 10.0. The van der Waals surface area contributed by atoms with Crippen molar-refractivity contribution in [2.24, 2.45) is 0 Å². The second kappa shape index (κ2) is 6.71. The number of benzene rings is 1. The molecule has 1 aromatic rings. The number of hydrogen-bond acceptors (Lipinski definition) is 2. The molecule has 0 bridgehead atoms. The van der Waals surface area contributed by atoms with Gasteiger partial charge in [-0.2, -0.15) is 0 Å². The third-order valence-electron chi connectivity index (χ3n) is 2.94. The molecule has 0 spiro atoms. The topological polar surface area (TPSA) is 41.1 Å². The van der Waals surface area contributed by atoms with E-state index in [0.29, 0.717) is 5.69 Å². The predicted molar refractivity (Wildman–Crippen MR) is 72.7 cm³/mol. The van der Waals surface area contributed by atoms with Crippen LogP contribution in [0.3, 0.4) is 0 Å². The van der Waals surface area contributed by atoms with Gasteiger partial charge in [0.25, 0.3) is 0 Å². The van der Waals surface area contributed by atoms with Crippen LogP contribution in [-0.4, -0.2) is 18.5 Å². The summed E-state index contributed by atoms with van der Waals surface area (Å²) in [6.45, 7) is 2.68. The van der Waals surface area contributed by atoms with Crippen LogP contribution in [0.15, 0.2) is 18.2 Å². The highest BCUT2D eigenvalue weighted by molar-refractivity contribution is 5.94. The Morgan fingerprint density at radius 2 is 2.17 bits per heavy atom. The molecule has 5 heteroatoms. The van der Waals surface area contributed by atoms with E-state index in [-0.39, 0.29) is 30.2 Å². The highest BCUT2D eigenvalue weighted by Gasteiger charge is 2.20. The van der Waals surface area contributed by atoms with Gasteiger partial charge < -0.3 is 10.6 Å². The number of anilines is 1. The lowest BCUT2D eigenvalue weighted by molar-refractivity contribution is -0.118. The summed E-state index contributed by atoms with van der Waals surface area (Å²) in [6.07, 6.45) is 3.02. The van der Waals surface area contributed by atoms with Gasteiger partial charge in [0.15, 0.2) is 0 Å². The summed E-state index contributed by atoms with van der Waals surface area (Å²) in [7, 11) is 0. The fourth-order valence-corrected chi connectivity index (χ4v) is 2.11. The first-order valence-corrected chi connectivity index (χ1v) is 5.96. The van der Waals surface area contributed by atoms with E-state index in [9.17, 15) is 9.18 Å². The predicted octanol–water partition coefficient (Wildman–Crippen LogP) is 2.64. The molecule has 1 unspecified atom stereocenters. The van der Waals surface area contributed by atoms with Crippen molar-refractivity contribution in [1.29, 1.82) is 0 Å². The zero-order valence-electron chi connectivity index (χ0n) is 10.3. The Bertz CT molecular complexity index is 399. The molecule has 100 valence electrons. The lowest BCUT2D eigenvalue weighted by Gasteiger charge is -2.22. The van der Waals surface area contributed by atoms with E-state index in [1.54, 1.807) is 13.0 Å². The first-order chi connectivity index (χ1) is 8.15. The number of aryl methyl sites for hydroxylation is 1. The van der Waals surface area contributed by atoms with Gasteiger partial charge in [0.1, 0.15) is 5.82 Å². The molecule has 0 saturated carbocycles. The number of amides is 1. The molecule has 0 radical (unpaired) electrons. The van der Waals surface area contributed by atoms with Crippen molar-refractivity contribution >= 4 is 24.0 Å². The molecule has 1 aliphatic rings. The fourth-order valence-electron chi connectivity index (χ4n) is 2.11. The minimum Gasteiger partial charge on any atom is -0.325 e. The van der Waals surface area contributed by atoms with Crippen molar-refractivity contribution in [3.63, 3.8) is 0 Å². The summed E-state index contributed by atoms with van der Waals surface area (Å²) in [5, 5.41) is 5.91. The highest BCUT2D eigenvalue weighted by atomic mass is 35.5. The van der Waals surface area contributed by atoms with E-state index in [2.05, 4.69) is 10.6 Å². The Labute approximate surface area is 113 Å². The monoisotopic (exact) mass is 272 g/mol. The van der Waals surface area contributed by atoms with Crippen LogP contribution >= 0.6 is 12.4 Å². The molecule has 0 aromatic heterocycles. The van der Waals surface area contributed by atoms with Gasteiger partial charge in [0, 0.05) is 5.69 Å². The minimum absolute atomic E-state index is 0. The van der Waals surface area contributed by atoms with Crippen LogP contribution in [0.1, 0.15) is 24.8 Å². The largest absolute Gasteiger partial charge is 0.325 e. The fraction of sp³-hybridized carbons (Fsp3) is 0.462. The normalized spacial score (nSPS) is 18.9. The van der Waals surface area contributed by atoms with Crippen LogP contribution in [0.4, 0.5) is 10.1 Å². The summed E-state index contributed by atoms with van der Waals surface area (Å²) < 4.78 is 13.2. The van der Waals surface area contributed by atoms with Gasteiger partial charge in [-0.1, -0.05) is 6.42 Å². The van der Waals surface area contributed by atoms with Gasteiger partial charge in [0.2, 0.25) is 5.91 Å². The van der Waals surface area contributed by atoms with Crippen LogP contribution in [0.25, 0.3) is 0 Å². The second-order valence-electron chi connectivity index (χ2n) is 4.51. The van der Waals surface area contributed by atoms with Crippen molar-refractivity contribution in [2.45, 2.75) is 32.2 Å². The van der Waals surface area contributed by atoms with Gasteiger partial charge in [-0.25, -0.2) is 4.39 Å². The second-order valence-corrected chi connectivity index (χ2v) is 4.51. The Morgan fingerprint density at radius 3 is 2.78 bits per heavy atom. The smallest absolute Gasteiger partial charge is 0.241 e. The molecular formula is C13H18ClFN2O. The molecule has 1 aliphatic heterocycles. The molecule has 1 fully saturated rings. The number of hydrogen-bond donors (Lipinski definition) is 2. The Kier molecular flexibility index (Phi) is 5.56. The molecule has 2 rings (SSSR count). The van der Waals surface area contributed by atoms with Crippen LogP contribution in [0.5, 0.6) is 0 Å². The zero-order chi connectivity index (χ0) is 12.3. The summed E-state index contributed by atoms with van der Waals surface area (Å²) in [5.41, 5.74) is 1.33. The van der Waals surface area contributed by atoms with E-state index >= 15 is 0 Å². The molecule has 1 amide bonds. The number of halogens is 2. The molecule has 18 heavy (non-hydrogen) atoms. The first kappa shape index (κ1) is 14.9. The molecule has 1 aromatic carbocycles. The average Bonchev–Trinajstić information content (AvgIpc) is 2.28. The summed E-state index contributed by atoms with van der Waals surface area (Å²) in [6, 6.07) is 4.40. The van der Waals surface area contributed by atoms with E-state index < -0.39 is 0 Å². The van der Waals surface area contributed by atoms with Gasteiger partial charge in [0.05, 0.1) is 6.04 Å². The average molecular weight is 273 g/mol. The van der Waals surface area contributed by atoms with Crippen LogP contribution in [0.2, 0.25) is 0 Å². The lowest BCUT2D eigenvalue weighted by Crippen LogP contribution is -2.43. The van der Waals surface area contributed by atoms with Crippen molar-refractivity contribution in [2.75, 3.05) is 11.9 Å². The van der Waals surface area contributed by atoms with E-state index in [4.69, 9.17) is 0 Å². The molecule has 3 nitrogen and oxygen atoms in total. The maximum atomic E-state index is 13.2. The molecular weight excluding hydrogens is 255 g/mol. The Balaban J connectivity index is 0.00000162. The van der Waals surface area contributed by atoms with Gasteiger partial charge >= 0.3 is 0 Å². The molecule has 1 heterocycles. The number of rotatable bonds is 2. The number of nitrogens with one attached hydrogen (secondary N) is 2. The summed E-state index contributed by atoms with van der Waals surface area (Å²) in [5.74, 6) is -0.397. The highest BCUT2D eigenvalue weighted by Crippen LogP contribution is 2.15. The SMILES string of the molecule is Cc1cc(F)cc(NC(=O)C2CCCCN2)c1.Cl. The zero-order valence-corrected chi connectivity index (χ0v) is 11.1. The van der Waals surface area contributed by atoms with E-state index in [1.807, 2.05) is 0 Å². The van der Waals surface area contributed by atoms with Crippen molar-refractivity contribution in [3.8, 4) is 0 Å². The van der Waals surface area contributed by atoms with E-state index in [1.165, 1.54) is 12.1 Å². The van der Waals surface area contributed by atoms with Crippen LogP contribution < -0.4 is 10.6 Å². The Hall–Kier alpha value is -1.13. The third kappa shape index (κ3) is 3.96. The van der Waals surface area contributed by atoms with Gasteiger partial charge in [-0.3, -0.25) is 4.79 Å². The number of carbonyl (C=O) groups is 1. The maximum Gasteiger partial charge on any atom is 0.241 e. The maximum absolute atomic E-state index is 13.2. The Morgan fingerprint density at radius 1 is 1.39 bits per heavy atom. The molecule has 1 saturated heterocycles. The summed E-state index contributed by atoms with van der Waals surface area (Å²) in [4.78, 5) is 11.9. The van der Waals surface area contributed by atoms with E-state index in [0.717, 1.165) is 31.4 Å². The molecule has 2 N–H and O–H groups in total. The number of carbonyl (C=O) groups excluding carboxylic acids is 1. The van der Waals surface area contributed by atoms with Crippen molar-refractivity contribution < 1.29 is 9.18 Å². The van der Waals surface area contributed by atoms with Crippen LogP contribution in [0, 0.1) is 12.7 Å². The third-order valence-corrected chi connectivity index (χ3v) is 2.94. The van der Waals surface area contributed by atoms with Crippen molar-refractivity contribution in [1.82, 2.24) is 5.32 Å². The summed E-state index contributed by atoms with van der Waals surface area (Å²) >= 11 is 0. The van der Waals surface area contributed by atoms with Gasteiger partial charge in [-0.15, -0.1) is 12.4 Å². The minimum atomic E-state index is -0.322. The molecule has 1 atom stereocenters. The quantitative estimate of drug-likeness (QED) is 0.869. The standard InChI is InChI=1S/C13H17FN2O.ClH/c1-9-6-10(14)8-11(7-9)16-13(17)12-4-2-3-5-15-12;/h6-8,12,15H,2-5H2,1H3,(H,16,17);1H. The van der Waals surface area contributed by atoms with Crippen LogP contribution in [-0.2, 0) is 4.79 Å². The van der Waals surface area contributed by atoms with Gasteiger partial charge in [-0.05, 0) is 50.1 Å². The molecule has 0 aliphatic carbocycles. The van der Waals surface area contributed by atoms with Crippen molar-refractivity contribution in [3.05, 3.63) is 29.6 Å². The first-order valence-electron chi connectivity index (χ1n) is 5.96. The number of piperidine rings is 1.